The summed E-state index contributed by atoms with van der Waals surface area (Å²) in [6.07, 6.45) is 3.26. The molecule has 0 amide bonds. The van der Waals surface area contributed by atoms with Crippen LogP contribution in [0.1, 0.15) is 12.0 Å². The smallest absolute Gasteiger partial charge is 0.160 e. The van der Waals surface area contributed by atoms with Crippen molar-refractivity contribution < 1.29 is 4.74 Å². The van der Waals surface area contributed by atoms with Crippen LogP contribution in [0.2, 0.25) is 0 Å². The number of rotatable bonds is 1. The lowest BCUT2D eigenvalue weighted by atomic mass is 10.1. The summed E-state index contributed by atoms with van der Waals surface area (Å²) in [5.41, 5.74) is 5.70. The van der Waals surface area contributed by atoms with Gasteiger partial charge in [0.05, 0.1) is 12.8 Å². The molecule has 2 aliphatic heterocycles. The monoisotopic (exact) mass is 264 g/mol. The van der Waals surface area contributed by atoms with Crippen molar-refractivity contribution >= 4 is 34.0 Å². The quantitative estimate of drug-likeness (QED) is 0.786. The van der Waals surface area contributed by atoms with Gasteiger partial charge in [-0.3, -0.25) is 5.01 Å². The summed E-state index contributed by atoms with van der Waals surface area (Å²) in [5, 5.41) is 2.00. The molecule has 3 nitrogen and oxygen atoms in total. The number of ether oxygens (including phenoxy) is 1. The Morgan fingerprint density at radius 1 is 1.47 bits per heavy atom. The van der Waals surface area contributed by atoms with Crippen molar-refractivity contribution in [1.82, 2.24) is 10.4 Å². The second-order valence-electron chi connectivity index (χ2n) is 3.85. The van der Waals surface area contributed by atoms with Crippen molar-refractivity contribution in [1.29, 1.82) is 0 Å². The predicted molar refractivity (Wildman–Crippen MR) is 73.9 cm³/mol. The van der Waals surface area contributed by atoms with E-state index in [9.17, 15) is 0 Å². The van der Waals surface area contributed by atoms with Crippen LogP contribution in [0.15, 0.2) is 29.2 Å². The van der Waals surface area contributed by atoms with Crippen LogP contribution in [0, 0.1) is 0 Å². The number of nitrogens with zero attached hydrogens (tertiary/aromatic N) is 1. The number of hydrogen-bond acceptors (Lipinski definition) is 4. The van der Waals surface area contributed by atoms with Gasteiger partial charge in [-0.1, -0.05) is 30.1 Å². The summed E-state index contributed by atoms with van der Waals surface area (Å²) in [6.45, 7) is 0.940. The van der Waals surface area contributed by atoms with E-state index in [4.69, 9.17) is 17.0 Å². The van der Waals surface area contributed by atoms with Crippen molar-refractivity contribution in [2.24, 2.45) is 0 Å². The summed E-state index contributed by atoms with van der Waals surface area (Å²) in [4.78, 5) is 1.17. The molecule has 0 spiro atoms. The van der Waals surface area contributed by atoms with Crippen molar-refractivity contribution in [3.63, 3.8) is 0 Å². The Bertz CT molecular complexity index is 513. The first-order valence-electron chi connectivity index (χ1n) is 5.43. The van der Waals surface area contributed by atoms with Gasteiger partial charge in [0.25, 0.3) is 0 Å². The lowest BCUT2D eigenvalue weighted by Gasteiger charge is -2.35. The molecule has 17 heavy (non-hydrogen) atoms. The highest BCUT2D eigenvalue weighted by molar-refractivity contribution is 8.23. The van der Waals surface area contributed by atoms with Gasteiger partial charge in [-0.2, -0.15) is 0 Å². The Hall–Kier alpha value is -1.04. The maximum absolute atomic E-state index is 5.40. The lowest BCUT2D eigenvalue weighted by molar-refractivity contribution is 0.411. The number of thioether (sulfide) groups is 1. The highest BCUT2D eigenvalue weighted by Gasteiger charge is 2.27. The van der Waals surface area contributed by atoms with Crippen LogP contribution in [0.4, 0.5) is 0 Å². The largest absolute Gasteiger partial charge is 0.497 e. The summed E-state index contributed by atoms with van der Waals surface area (Å²) < 4.78 is 6.09. The average Bonchev–Trinajstić information content (AvgIpc) is 2.38. The van der Waals surface area contributed by atoms with Crippen LogP contribution in [-0.4, -0.2) is 23.0 Å². The zero-order valence-corrected chi connectivity index (χ0v) is 11.0. The average molecular weight is 264 g/mol. The SMILES string of the molecule is COc1ccc2c(c1)SC(=S)N1NCCC=C21. The Morgan fingerprint density at radius 3 is 3.18 bits per heavy atom. The third-order valence-electron chi connectivity index (χ3n) is 2.84. The molecule has 0 atom stereocenters. The van der Waals surface area contributed by atoms with E-state index in [2.05, 4.69) is 17.6 Å². The Balaban J connectivity index is 2.11. The lowest BCUT2D eigenvalue weighted by Crippen LogP contribution is -2.43. The zero-order valence-electron chi connectivity index (χ0n) is 9.40. The van der Waals surface area contributed by atoms with Crippen molar-refractivity contribution in [2.75, 3.05) is 13.7 Å². The molecule has 0 saturated heterocycles. The maximum atomic E-state index is 5.40. The summed E-state index contributed by atoms with van der Waals surface area (Å²) >= 11 is 7.01. The molecule has 1 aromatic carbocycles. The zero-order chi connectivity index (χ0) is 11.8. The third kappa shape index (κ3) is 1.84. The summed E-state index contributed by atoms with van der Waals surface area (Å²) in [7, 11) is 1.68. The first-order valence-corrected chi connectivity index (χ1v) is 6.66. The Labute approximate surface area is 110 Å². The molecule has 0 saturated carbocycles. The number of methoxy groups -OCH3 is 1. The van der Waals surface area contributed by atoms with Crippen LogP contribution < -0.4 is 10.2 Å². The van der Waals surface area contributed by atoms with Gasteiger partial charge >= 0.3 is 0 Å². The van der Waals surface area contributed by atoms with E-state index in [1.165, 1.54) is 10.5 Å². The number of hydrogen-bond donors (Lipinski definition) is 1. The Kier molecular flexibility index (Phi) is 2.82. The van der Waals surface area contributed by atoms with Crippen LogP contribution in [-0.2, 0) is 0 Å². The summed E-state index contributed by atoms with van der Waals surface area (Å²) in [6, 6.07) is 6.12. The minimum atomic E-state index is 0.844. The number of benzene rings is 1. The fraction of sp³-hybridized carbons (Fsp3) is 0.250. The minimum Gasteiger partial charge on any atom is -0.497 e. The number of thiocarbonyl (C=S) groups is 1. The fourth-order valence-electron chi connectivity index (χ4n) is 2.02. The van der Waals surface area contributed by atoms with Crippen LogP contribution in [0.3, 0.4) is 0 Å². The molecule has 0 aromatic heterocycles. The van der Waals surface area contributed by atoms with Gasteiger partial charge in [-0.25, -0.2) is 5.43 Å². The number of hydrazine groups is 1. The van der Waals surface area contributed by atoms with Crippen LogP contribution in [0.5, 0.6) is 5.75 Å². The van der Waals surface area contributed by atoms with Gasteiger partial charge in [0.1, 0.15) is 5.75 Å². The highest BCUT2D eigenvalue weighted by atomic mass is 32.2. The predicted octanol–water partition coefficient (Wildman–Crippen LogP) is 2.64. The van der Waals surface area contributed by atoms with Crippen molar-refractivity contribution in [3.8, 4) is 5.75 Å². The van der Waals surface area contributed by atoms with Gasteiger partial charge in [-0.05, 0) is 24.6 Å². The Morgan fingerprint density at radius 2 is 2.35 bits per heavy atom. The molecule has 1 aromatic rings. The van der Waals surface area contributed by atoms with Gasteiger partial charge < -0.3 is 4.74 Å². The standard InChI is InChI=1S/C12H12N2OS2/c1-15-8-4-5-9-10-3-2-6-13-14(10)12(16)17-11(9)7-8/h3-5,7,13H,2,6H2,1H3. The van der Waals surface area contributed by atoms with E-state index in [1.54, 1.807) is 18.9 Å². The van der Waals surface area contributed by atoms with E-state index in [0.717, 1.165) is 28.7 Å². The normalized spacial score (nSPS) is 18.3. The fourth-order valence-corrected chi connectivity index (χ4v) is 3.35. The molecule has 0 aliphatic carbocycles. The molecule has 88 valence electrons. The molecular weight excluding hydrogens is 252 g/mol. The maximum Gasteiger partial charge on any atom is 0.160 e. The van der Waals surface area contributed by atoms with Crippen LogP contribution >= 0.6 is 24.0 Å². The van der Waals surface area contributed by atoms with Crippen molar-refractivity contribution in [2.45, 2.75) is 11.3 Å². The minimum absolute atomic E-state index is 0.844. The third-order valence-corrected chi connectivity index (χ3v) is 4.18. The van der Waals surface area contributed by atoms with Gasteiger partial charge in [0, 0.05) is 17.0 Å². The highest BCUT2D eigenvalue weighted by Crippen LogP contribution is 2.40. The van der Waals surface area contributed by atoms with E-state index in [1.807, 2.05) is 17.1 Å². The van der Waals surface area contributed by atoms with E-state index in [-0.39, 0.29) is 0 Å². The molecule has 1 N–H and O–H groups in total. The first-order chi connectivity index (χ1) is 8.29. The first kappa shape index (κ1) is 11.1. The molecule has 2 heterocycles. The van der Waals surface area contributed by atoms with E-state index >= 15 is 0 Å². The van der Waals surface area contributed by atoms with Gasteiger partial charge in [0.2, 0.25) is 0 Å². The summed E-state index contributed by atoms with van der Waals surface area (Å²) in [5.74, 6) is 0.872. The van der Waals surface area contributed by atoms with Gasteiger partial charge in [0.15, 0.2) is 4.32 Å². The molecule has 3 rings (SSSR count). The number of nitrogens with one attached hydrogen (secondary N) is 1. The second-order valence-corrected chi connectivity index (χ2v) is 5.53. The molecule has 2 aliphatic rings. The van der Waals surface area contributed by atoms with Crippen LogP contribution in [0.25, 0.3) is 5.70 Å². The second kappa shape index (κ2) is 4.33. The molecule has 0 radical (unpaired) electrons. The molecular formula is C12H12N2OS2. The van der Waals surface area contributed by atoms with Crippen molar-refractivity contribution in [3.05, 3.63) is 29.8 Å². The molecule has 5 heteroatoms. The molecule has 0 unspecified atom stereocenters. The topological polar surface area (TPSA) is 24.5 Å². The van der Waals surface area contributed by atoms with E-state index in [0.29, 0.717) is 0 Å². The molecule has 0 bridgehead atoms. The number of fused-ring (bicyclic) bond motifs is 3. The van der Waals surface area contributed by atoms with Gasteiger partial charge in [-0.15, -0.1) is 0 Å². The molecule has 0 fully saturated rings. The van der Waals surface area contributed by atoms with E-state index < -0.39 is 0 Å².